The maximum Gasteiger partial charge on any atom is 0.184 e. The zero-order valence-electron chi connectivity index (χ0n) is 11.9. The predicted molar refractivity (Wildman–Crippen MR) is 90.8 cm³/mol. The van der Waals surface area contributed by atoms with Crippen LogP contribution in [0.1, 0.15) is 46.0 Å². The first-order chi connectivity index (χ1) is 9.74. The van der Waals surface area contributed by atoms with Crippen LogP contribution in [0, 0.1) is 0 Å². The SMILES string of the molecule is CC.Oc1ccc2nc(NC3CCCCC3)sc2c1Br. The van der Waals surface area contributed by atoms with Gasteiger partial charge in [0.2, 0.25) is 0 Å². The average molecular weight is 357 g/mol. The Morgan fingerprint density at radius 1 is 1.25 bits per heavy atom. The van der Waals surface area contributed by atoms with Gasteiger partial charge in [-0.3, -0.25) is 0 Å². The van der Waals surface area contributed by atoms with E-state index in [1.807, 2.05) is 19.9 Å². The molecular formula is C15H21BrN2OS. The first-order valence-electron chi connectivity index (χ1n) is 7.28. The van der Waals surface area contributed by atoms with Gasteiger partial charge in [-0.05, 0) is 40.9 Å². The lowest BCUT2D eigenvalue weighted by Gasteiger charge is -2.22. The molecule has 3 nitrogen and oxygen atoms in total. The highest BCUT2D eigenvalue weighted by molar-refractivity contribution is 9.10. The number of nitrogens with zero attached hydrogens (tertiary/aromatic N) is 1. The Morgan fingerprint density at radius 2 is 1.95 bits per heavy atom. The number of halogens is 1. The lowest BCUT2D eigenvalue weighted by Crippen LogP contribution is -2.21. The standard InChI is InChI=1S/C13H15BrN2OS.C2H6/c14-11-10(17)7-6-9-12(11)18-13(16-9)15-8-4-2-1-3-5-8;1-2/h6-8,17H,1-5H2,(H,15,16);1-2H3. The minimum absolute atomic E-state index is 0.273. The molecule has 20 heavy (non-hydrogen) atoms. The van der Waals surface area contributed by atoms with Crippen LogP contribution in [0.5, 0.6) is 5.75 Å². The van der Waals surface area contributed by atoms with Crippen LogP contribution in [0.2, 0.25) is 0 Å². The van der Waals surface area contributed by atoms with Crippen molar-refractivity contribution in [3.63, 3.8) is 0 Å². The van der Waals surface area contributed by atoms with Crippen LogP contribution in [0.4, 0.5) is 5.13 Å². The number of fused-ring (bicyclic) bond motifs is 1. The fraction of sp³-hybridized carbons (Fsp3) is 0.533. The minimum atomic E-state index is 0.273. The van der Waals surface area contributed by atoms with Crippen molar-refractivity contribution in [3.8, 4) is 5.75 Å². The summed E-state index contributed by atoms with van der Waals surface area (Å²) in [5, 5.41) is 14.1. The van der Waals surface area contributed by atoms with Gasteiger partial charge in [0.05, 0.1) is 14.7 Å². The molecule has 0 atom stereocenters. The molecule has 0 radical (unpaired) electrons. The number of nitrogens with one attached hydrogen (secondary N) is 1. The summed E-state index contributed by atoms with van der Waals surface area (Å²) in [6, 6.07) is 4.10. The summed E-state index contributed by atoms with van der Waals surface area (Å²) in [5.41, 5.74) is 0.933. The van der Waals surface area contributed by atoms with Crippen LogP contribution in [-0.2, 0) is 0 Å². The summed E-state index contributed by atoms with van der Waals surface area (Å²) in [7, 11) is 0. The Hall–Kier alpha value is -0.810. The van der Waals surface area contributed by atoms with E-state index < -0.39 is 0 Å². The first kappa shape index (κ1) is 15.6. The van der Waals surface area contributed by atoms with Crippen LogP contribution in [-0.4, -0.2) is 16.1 Å². The first-order valence-corrected chi connectivity index (χ1v) is 8.89. The normalized spacial score (nSPS) is 15.8. The Morgan fingerprint density at radius 3 is 2.65 bits per heavy atom. The zero-order valence-corrected chi connectivity index (χ0v) is 14.4. The van der Waals surface area contributed by atoms with Crippen LogP contribution in [0.3, 0.4) is 0 Å². The molecule has 0 spiro atoms. The number of hydrogen-bond donors (Lipinski definition) is 2. The van der Waals surface area contributed by atoms with E-state index in [9.17, 15) is 5.11 Å². The maximum absolute atomic E-state index is 9.66. The van der Waals surface area contributed by atoms with Crippen molar-refractivity contribution < 1.29 is 5.11 Å². The number of thiazole rings is 1. The molecular weight excluding hydrogens is 336 g/mol. The van der Waals surface area contributed by atoms with Gasteiger partial charge in [0.1, 0.15) is 5.75 Å². The van der Waals surface area contributed by atoms with E-state index in [1.54, 1.807) is 17.4 Å². The number of aromatic nitrogens is 1. The highest BCUT2D eigenvalue weighted by Gasteiger charge is 2.16. The van der Waals surface area contributed by atoms with E-state index in [0.29, 0.717) is 6.04 Å². The molecule has 1 heterocycles. The second-order valence-corrected chi connectivity index (χ2v) is 6.54. The molecule has 0 saturated heterocycles. The number of rotatable bonds is 2. The van der Waals surface area contributed by atoms with E-state index in [2.05, 4.69) is 26.2 Å². The monoisotopic (exact) mass is 356 g/mol. The zero-order chi connectivity index (χ0) is 14.5. The Kier molecular flexibility index (Phi) is 5.66. The molecule has 1 saturated carbocycles. The van der Waals surface area contributed by atoms with Gasteiger partial charge < -0.3 is 10.4 Å². The molecule has 1 aliphatic rings. The second-order valence-electron chi connectivity index (χ2n) is 4.75. The lowest BCUT2D eigenvalue weighted by molar-refractivity contribution is 0.462. The van der Waals surface area contributed by atoms with Crippen molar-refractivity contribution in [2.45, 2.75) is 52.0 Å². The van der Waals surface area contributed by atoms with Crippen LogP contribution >= 0.6 is 27.3 Å². The third-order valence-corrected chi connectivity index (χ3v) is 5.49. The Balaban J connectivity index is 0.000000704. The number of phenols is 1. The van der Waals surface area contributed by atoms with Crippen molar-refractivity contribution in [2.24, 2.45) is 0 Å². The minimum Gasteiger partial charge on any atom is -0.507 e. The summed E-state index contributed by atoms with van der Waals surface area (Å²) in [6.07, 6.45) is 6.46. The van der Waals surface area contributed by atoms with Gasteiger partial charge in [0.15, 0.2) is 5.13 Å². The molecule has 1 aromatic heterocycles. The van der Waals surface area contributed by atoms with E-state index in [-0.39, 0.29) is 5.75 Å². The van der Waals surface area contributed by atoms with Crippen molar-refractivity contribution in [2.75, 3.05) is 5.32 Å². The summed E-state index contributed by atoms with van der Waals surface area (Å²) in [4.78, 5) is 4.58. The van der Waals surface area contributed by atoms with Crippen molar-refractivity contribution in [1.29, 1.82) is 0 Å². The maximum atomic E-state index is 9.66. The third kappa shape index (κ3) is 3.44. The van der Waals surface area contributed by atoms with E-state index in [4.69, 9.17) is 0 Å². The van der Waals surface area contributed by atoms with Crippen molar-refractivity contribution >= 4 is 42.6 Å². The number of benzene rings is 1. The van der Waals surface area contributed by atoms with E-state index in [0.717, 1.165) is 19.8 Å². The van der Waals surface area contributed by atoms with Crippen LogP contribution in [0.25, 0.3) is 10.2 Å². The summed E-state index contributed by atoms with van der Waals surface area (Å²) in [6.45, 7) is 4.00. The summed E-state index contributed by atoms with van der Waals surface area (Å²) in [5.74, 6) is 0.273. The lowest BCUT2D eigenvalue weighted by atomic mass is 9.96. The average Bonchev–Trinajstić information content (AvgIpc) is 2.90. The Bertz CT molecular complexity index is 564. The molecule has 0 aliphatic heterocycles. The second kappa shape index (κ2) is 7.27. The fourth-order valence-electron chi connectivity index (χ4n) is 2.43. The van der Waals surface area contributed by atoms with Gasteiger partial charge >= 0.3 is 0 Å². The molecule has 1 fully saturated rings. The molecule has 2 aromatic rings. The Labute approximate surface area is 132 Å². The van der Waals surface area contributed by atoms with Gasteiger partial charge in [-0.2, -0.15) is 0 Å². The van der Waals surface area contributed by atoms with E-state index >= 15 is 0 Å². The number of aromatic hydroxyl groups is 1. The smallest absolute Gasteiger partial charge is 0.184 e. The predicted octanol–water partition coefficient (Wildman–Crippen LogP) is 5.54. The van der Waals surface area contributed by atoms with Gasteiger partial charge in [0, 0.05) is 6.04 Å². The molecule has 3 rings (SSSR count). The molecule has 1 aromatic carbocycles. The molecule has 5 heteroatoms. The fourth-order valence-corrected chi connectivity index (χ4v) is 3.99. The quantitative estimate of drug-likeness (QED) is 0.742. The summed E-state index contributed by atoms with van der Waals surface area (Å²) < 4.78 is 1.75. The van der Waals surface area contributed by atoms with Gasteiger partial charge in [-0.25, -0.2) is 4.98 Å². The third-order valence-electron chi connectivity index (χ3n) is 3.41. The molecule has 0 bridgehead atoms. The van der Waals surface area contributed by atoms with Crippen LogP contribution < -0.4 is 5.32 Å². The molecule has 110 valence electrons. The number of phenolic OH excluding ortho intramolecular Hbond substituents is 1. The van der Waals surface area contributed by atoms with Crippen molar-refractivity contribution in [1.82, 2.24) is 4.98 Å². The molecule has 0 amide bonds. The highest BCUT2D eigenvalue weighted by Crippen LogP contribution is 2.38. The topological polar surface area (TPSA) is 45.2 Å². The number of hydrogen-bond acceptors (Lipinski definition) is 4. The van der Waals surface area contributed by atoms with Gasteiger partial charge in [-0.1, -0.05) is 44.4 Å². The largest absolute Gasteiger partial charge is 0.507 e. The number of anilines is 1. The molecule has 1 aliphatic carbocycles. The highest BCUT2D eigenvalue weighted by atomic mass is 79.9. The van der Waals surface area contributed by atoms with Crippen molar-refractivity contribution in [3.05, 3.63) is 16.6 Å². The molecule has 2 N–H and O–H groups in total. The van der Waals surface area contributed by atoms with E-state index in [1.165, 1.54) is 32.1 Å². The van der Waals surface area contributed by atoms with Gasteiger partial charge in [-0.15, -0.1) is 0 Å². The summed E-state index contributed by atoms with van der Waals surface area (Å²) >= 11 is 5.01. The van der Waals surface area contributed by atoms with Gasteiger partial charge in [0.25, 0.3) is 0 Å². The molecule has 0 unspecified atom stereocenters. The van der Waals surface area contributed by atoms with Crippen LogP contribution in [0.15, 0.2) is 16.6 Å².